The molecule has 0 spiro atoms. The fourth-order valence-electron chi connectivity index (χ4n) is 2.62. The molecular formula is C18H15N5O. The molecule has 0 saturated heterocycles. The third kappa shape index (κ3) is 2.44. The number of imidazole rings is 1. The smallest absolute Gasteiger partial charge is 0.293 e. The minimum Gasteiger partial charge on any atom is -0.334 e. The fourth-order valence-corrected chi connectivity index (χ4v) is 2.62. The van der Waals surface area contributed by atoms with Gasteiger partial charge in [0.1, 0.15) is 0 Å². The van der Waals surface area contributed by atoms with Crippen molar-refractivity contribution in [2.75, 3.05) is 11.9 Å². The van der Waals surface area contributed by atoms with Crippen LogP contribution in [0.4, 0.5) is 5.69 Å². The molecule has 6 nitrogen and oxygen atoms in total. The van der Waals surface area contributed by atoms with Crippen LogP contribution in [-0.2, 0) is 0 Å². The van der Waals surface area contributed by atoms with Crippen LogP contribution in [0, 0.1) is 0 Å². The van der Waals surface area contributed by atoms with Crippen LogP contribution in [0.15, 0.2) is 60.8 Å². The Hall–Kier alpha value is -3.41. The maximum Gasteiger partial charge on any atom is 0.293 e. The highest BCUT2D eigenvalue weighted by molar-refractivity contribution is 6.05. The Morgan fingerprint density at radius 3 is 2.67 bits per heavy atom. The molecule has 2 aromatic carbocycles. The summed E-state index contributed by atoms with van der Waals surface area (Å²) < 4.78 is 0. The van der Waals surface area contributed by atoms with Crippen LogP contribution in [0.25, 0.3) is 22.3 Å². The van der Waals surface area contributed by atoms with Gasteiger partial charge in [-0.25, -0.2) is 4.98 Å². The molecule has 0 aliphatic carbocycles. The number of hydrogen-bond donors (Lipinski definition) is 2. The van der Waals surface area contributed by atoms with Gasteiger partial charge in [0.2, 0.25) is 0 Å². The summed E-state index contributed by atoms with van der Waals surface area (Å²) in [6.07, 6.45) is 1.70. The Labute approximate surface area is 138 Å². The largest absolute Gasteiger partial charge is 0.334 e. The van der Waals surface area contributed by atoms with E-state index in [1.165, 1.54) is 0 Å². The number of hydrogen-bond acceptors (Lipinski definition) is 3. The average molecular weight is 317 g/mol. The number of benzene rings is 2. The molecule has 0 bridgehead atoms. The van der Waals surface area contributed by atoms with Crippen molar-refractivity contribution in [3.05, 3.63) is 66.6 Å². The van der Waals surface area contributed by atoms with E-state index >= 15 is 0 Å². The molecule has 1 amide bonds. The van der Waals surface area contributed by atoms with Gasteiger partial charge in [0.05, 0.1) is 16.7 Å². The second-order valence-corrected chi connectivity index (χ2v) is 5.49. The fraction of sp³-hybridized carbons (Fsp3) is 0.0556. The van der Waals surface area contributed by atoms with Crippen LogP contribution < -0.4 is 4.90 Å². The second-order valence-electron chi connectivity index (χ2n) is 5.49. The molecule has 0 radical (unpaired) electrons. The van der Waals surface area contributed by atoms with Gasteiger partial charge in [-0.2, -0.15) is 5.10 Å². The van der Waals surface area contributed by atoms with E-state index in [1.807, 2.05) is 54.6 Å². The van der Waals surface area contributed by atoms with Gasteiger partial charge in [0.25, 0.3) is 5.91 Å². The number of H-pyrrole nitrogens is 2. The van der Waals surface area contributed by atoms with Crippen molar-refractivity contribution in [3.63, 3.8) is 0 Å². The number of amides is 1. The Kier molecular flexibility index (Phi) is 3.35. The van der Waals surface area contributed by atoms with Crippen molar-refractivity contribution in [1.29, 1.82) is 0 Å². The summed E-state index contributed by atoms with van der Waals surface area (Å²) in [4.78, 5) is 21.7. The average Bonchev–Trinajstić information content (AvgIpc) is 3.30. The van der Waals surface area contributed by atoms with E-state index in [4.69, 9.17) is 0 Å². The summed E-state index contributed by atoms with van der Waals surface area (Å²) in [6.45, 7) is 0. The number of aromatic amines is 2. The van der Waals surface area contributed by atoms with Gasteiger partial charge in [-0.3, -0.25) is 9.89 Å². The summed E-state index contributed by atoms with van der Waals surface area (Å²) in [7, 11) is 1.74. The number of fused-ring (bicyclic) bond motifs is 1. The van der Waals surface area contributed by atoms with Crippen molar-refractivity contribution >= 4 is 22.6 Å². The summed E-state index contributed by atoms with van der Waals surface area (Å²) in [5.41, 5.74) is 4.29. The maximum atomic E-state index is 12.6. The number of nitrogens with zero attached hydrogens (tertiary/aromatic N) is 3. The standard InChI is InChI=1S/C18H15N5O/c1-23(13-5-3-2-4-6-13)18(24)17-20-15-8-7-12(11-16(15)21-17)14-9-10-19-22-14/h2-11H,1H3,(H,19,22)(H,20,21). The lowest BCUT2D eigenvalue weighted by Gasteiger charge is -2.15. The topological polar surface area (TPSA) is 77.7 Å². The van der Waals surface area contributed by atoms with Gasteiger partial charge < -0.3 is 9.88 Å². The van der Waals surface area contributed by atoms with Crippen LogP contribution >= 0.6 is 0 Å². The van der Waals surface area contributed by atoms with Gasteiger partial charge >= 0.3 is 0 Å². The predicted octanol–water partition coefficient (Wildman–Crippen LogP) is 3.23. The molecule has 0 aliphatic heterocycles. The SMILES string of the molecule is CN(C(=O)c1nc2ccc(-c3ccn[nH]3)cc2[nH]1)c1ccccc1. The molecule has 4 rings (SSSR count). The van der Waals surface area contributed by atoms with E-state index in [0.717, 1.165) is 28.0 Å². The molecule has 6 heteroatoms. The zero-order valence-electron chi connectivity index (χ0n) is 13.0. The highest BCUT2D eigenvalue weighted by Crippen LogP contribution is 2.22. The van der Waals surface area contributed by atoms with E-state index in [0.29, 0.717) is 5.82 Å². The van der Waals surface area contributed by atoms with Crippen molar-refractivity contribution in [2.45, 2.75) is 0 Å². The van der Waals surface area contributed by atoms with Crippen LogP contribution in [-0.4, -0.2) is 33.1 Å². The predicted molar refractivity (Wildman–Crippen MR) is 92.9 cm³/mol. The lowest BCUT2D eigenvalue weighted by atomic mass is 10.1. The van der Waals surface area contributed by atoms with Crippen LogP contribution in [0.2, 0.25) is 0 Å². The van der Waals surface area contributed by atoms with E-state index in [1.54, 1.807) is 18.1 Å². The van der Waals surface area contributed by atoms with Gasteiger partial charge in [0.15, 0.2) is 5.82 Å². The molecule has 2 aromatic heterocycles. The Morgan fingerprint density at radius 2 is 1.92 bits per heavy atom. The summed E-state index contributed by atoms with van der Waals surface area (Å²) in [5, 5.41) is 6.89. The number of para-hydroxylation sites is 1. The van der Waals surface area contributed by atoms with Crippen molar-refractivity contribution in [3.8, 4) is 11.3 Å². The third-order valence-electron chi connectivity index (χ3n) is 3.94. The lowest BCUT2D eigenvalue weighted by molar-refractivity contribution is 0.0984. The second kappa shape index (κ2) is 5.66. The van der Waals surface area contributed by atoms with Crippen LogP contribution in [0.5, 0.6) is 0 Å². The maximum absolute atomic E-state index is 12.6. The molecule has 0 atom stereocenters. The first-order valence-electron chi connectivity index (χ1n) is 7.55. The third-order valence-corrected chi connectivity index (χ3v) is 3.94. The lowest BCUT2D eigenvalue weighted by Crippen LogP contribution is -2.27. The Bertz CT molecular complexity index is 989. The van der Waals surface area contributed by atoms with Gasteiger partial charge in [-0.05, 0) is 30.3 Å². The summed E-state index contributed by atoms with van der Waals surface area (Å²) >= 11 is 0. The number of aromatic nitrogens is 4. The molecule has 2 N–H and O–H groups in total. The molecule has 0 unspecified atom stereocenters. The number of anilines is 1. The monoisotopic (exact) mass is 317 g/mol. The minimum absolute atomic E-state index is 0.180. The first kappa shape index (κ1) is 14.2. The molecular weight excluding hydrogens is 302 g/mol. The summed E-state index contributed by atoms with van der Waals surface area (Å²) in [6, 6.07) is 17.2. The first-order valence-corrected chi connectivity index (χ1v) is 7.55. The van der Waals surface area contributed by atoms with Crippen LogP contribution in [0.1, 0.15) is 10.6 Å². The van der Waals surface area contributed by atoms with Gasteiger partial charge in [0, 0.05) is 24.5 Å². The van der Waals surface area contributed by atoms with E-state index in [-0.39, 0.29) is 5.91 Å². The molecule has 0 aliphatic rings. The minimum atomic E-state index is -0.180. The number of carbonyl (C=O) groups excluding carboxylic acids is 1. The van der Waals surface area contributed by atoms with E-state index < -0.39 is 0 Å². The normalized spacial score (nSPS) is 10.9. The molecule has 118 valence electrons. The zero-order chi connectivity index (χ0) is 16.5. The van der Waals surface area contributed by atoms with Gasteiger partial charge in [-0.1, -0.05) is 24.3 Å². The number of carbonyl (C=O) groups is 1. The van der Waals surface area contributed by atoms with E-state index in [9.17, 15) is 4.79 Å². The first-order chi connectivity index (χ1) is 11.7. The van der Waals surface area contributed by atoms with Crippen molar-refractivity contribution < 1.29 is 4.79 Å². The molecule has 0 fully saturated rings. The molecule has 0 saturated carbocycles. The Morgan fingerprint density at radius 1 is 1.08 bits per heavy atom. The Balaban J connectivity index is 1.69. The van der Waals surface area contributed by atoms with Crippen LogP contribution in [0.3, 0.4) is 0 Å². The molecule has 24 heavy (non-hydrogen) atoms. The highest BCUT2D eigenvalue weighted by Gasteiger charge is 2.17. The number of nitrogens with one attached hydrogen (secondary N) is 2. The highest BCUT2D eigenvalue weighted by atomic mass is 16.2. The van der Waals surface area contributed by atoms with Crippen molar-refractivity contribution in [1.82, 2.24) is 20.2 Å². The van der Waals surface area contributed by atoms with Crippen molar-refractivity contribution in [2.24, 2.45) is 0 Å². The van der Waals surface area contributed by atoms with Gasteiger partial charge in [-0.15, -0.1) is 0 Å². The summed E-state index contributed by atoms with van der Waals surface area (Å²) in [5.74, 6) is 0.138. The molecule has 4 aromatic rings. The quantitative estimate of drug-likeness (QED) is 0.609. The molecule has 2 heterocycles. The van der Waals surface area contributed by atoms with E-state index in [2.05, 4.69) is 20.2 Å². The zero-order valence-corrected chi connectivity index (χ0v) is 13.0. The number of rotatable bonds is 3.